The molecule has 1 amide bonds. The van der Waals surface area contributed by atoms with E-state index in [-0.39, 0.29) is 12.4 Å². The smallest absolute Gasteiger partial charge is 0.444 e. The predicted molar refractivity (Wildman–Crippen MR) is 104 cm³/mol. The van der Waals surface area contributed by atoms with E-state index in [4.69, 9.17) is 14.0 Å². The van der Waals surface area contributed by atoms with Gasteiger partial charge in [-0.05, 0) is 78.5 Å². The molecule has 0 spiro atoms. The quantitative estimate of drug-likeness (QED) is 0.745. The lowest BCUT2D eigenvalue weighted by Crippen LogP contribution is -2.41. The molecule has 0 bridgehead atoms. The van der Waals surface area contributed by atoms with Crippen LogP contribution in [0.3, 0.4) is 0 Å². The van der Waals surface area contributed by atoms with Crippen molar-refractivity contribution in [2.75, 3.05) is 6.54 Å². The van der Waals surface area contributed by atoms with Gasteiger partial charge in [-0.3, -0.25) is 0 Å². The molecule has 1 aliphatic heterocycles. The third-order valence-corrected chi connectivity index (χ3v) is 5.01. The van der Waals surface area contributed by atoms with Gasteiger partial charge in [-0.15, -0.1) is 0 Å². The summed E-state index contributed by atoms with van der Waals surface area (Å²) in [4.78, 5) is 14.0. The molecular formula is C20H31BFNO4. The van der Waals surface area contributed by atoms with Crippen molar-refractivity contribution in [1.29, 1.82) is 0 Å². The number of ether oxygens (including phenoxy) is 1. The highest BCUT2D eigenvalue weighted by Crippen LogP contribution is 2.36. The number of amides is 1. The minimum atomic E-state index is -0.622. The van der Waals surface area contributed by atoms with E-state index in [1.165, 1.54) is 17.0 Å². The Labute approximate surface area is 162 Å². The number of benzene rings is 1. The number of halogens is 1. The van der Waals surface area contributed by atoms with Crippen molar-refractivity contribution in [2.24, 2.45) is 0 Å². The molecule has 7 heteroatoms. The first-order valence-corrected chi connectivity index (χ1v) is 9.37. The van der Waals surface area contributed by atoms with Crippen molar-refractivity contribution in [3.05, 3.63) is 29.6 Å². The van der Waals surface area contributed by atoms with Gasteiger partial charge in [-0.2, -0.15) is 0 Å². The molecule has 1 saturated heterocycles. The van der Waals surface area contributed by atoms with E-state index in [2.05, 4.69) is 0 Å². The highest BCUT2D eigenvalue weighted by molar-refractivity contribution is 6.62. The number of hydrogen-bond donors (Lipinski definition) is 0. The Morgan fingerprint density at radius 3 is 2.22 bits per heavy atom. The van der Waals surface area contributed by atoms with E-state index in [9.17, 15) is 9.18 Å². The van der Waals surface area contributed by atoms with Gasteiger partial charge in [0.05, 0.1) is 11.2 Å². The molecule has 0 saturated carbocycles. The maximum atomic E-state index is 13.9. The maximum Gasteiger partial charge on any atom is 0.495 e. The highest BCUT2D eigenvalue weighted by atomic mass is 19.1. The van der Waals surface area contributed by atoms with E-state index in [0.717, 1.165) is 5.46 Å². The second-order valence-electron chi connectivity index (χ2n) is 8.93. The maximum absolute atomic E-state index is 13.9. The van der Waals surface area contributed by atoms with Crippen molar-refractivity contribution in [2.45, 2.75) is 78.7 Å². The summed E-state index contributed by atoms with van der Waals surface area (Å²) in [6, 6.07) is 4.47. The number of hydrogen-bond acceptors (Lipinski definition) is 4. The predicted octanol–water partition coefficient (Wildman–Crippen LogP) is 3.88. The molecule has 0 aliphatic carbocycles. The van der Waals surface area contributed by atoms with Gasteiger partial charge in [0.1, 0.15) is 11.4 Å². The van der Waals surface area contributed by atoms with Gasteiger partial charge in [0.25, 0.3) is 0 Å². The van der Waals surface area contributed by atoms with Crippen LogP contribution in [0.15, 0.2) is 18.2 Å². The summed E-state index contributed by atoms with van der Waals surface area (Å²) >= 11 is 0. The molecule has 150 valence electrons. The van der Waals surface area contributed by atoms with Gasteiger partial charge in [-0.1, -0.05) is 6.07 Å². The summed E-state index contributed by atoms with van der Waals surface area (Å²) in [5.74, 6) is -0.370. The highest BCUT2D eigenvalue weighted by Gasteiger charge is 2.52. The molecule has 1 aliphatic rings. The van der Waals surface area contributed by atoms with Gasteiger partial charge in [0, 0.05) is 13.1 Å². The van der Waals surface area contributed by atoms with E-state index in [0.29, 0.717) is 12.1 Å². The van der Waals surface area contributed by atoms with Crippen LogP contribution in [0.1, 0.15) is 61.0 Å². The van der Waals surface area contributed by atoms with Crippen molar-refractivity contribution in [1.82, 2.24) is 4.90 Å². The Bertz CT molecular complexity index is 684. The van der Waals surface area contributed by atoms with Crippen LogP contribution in [0.25, 0.3) is 0 Å². The molecule has 1 aromatic rings. The second kappa shape index (κ2) is 7.43. The number of carbonyl (C=O) groups is 1. The summed E-state index contributed by atoms with van der Waals surface area (Å²) in [6.07, 6.45) is -0.436. The third kappa shape index (κ3) is 5.02. The summed E-state index contributed by atoms with van der Waals surface area (Å²) in [7, 11) is -0.622. The first-order valence-electron chi connectivity index (χ1n) is 9.37. The monoisotopic (exact) mass is 379 g/mol. The van der Waals surface area contributed by atoms with E-state index >= 15 is 0 Å². The topological polar surface area (TPSA) is 48.0 Å². The van der Waals surface area contributed by atoms with Gasteiger partial charge in [0.15, 0.2) is 0 Å². The molecule has 0 N–H and O–H groups in total. The molecule has 1 fully saturated rings. The summed E-state index contributed by atoms with van der Waals surface area (Å²) in [5, 5.41) is 0. The normalized spacial score (nSPS) is 18.5. The lowest BCUT2D eigenvalue weighted by atomic mass is 9.75. The Morgan fingerprint density at radius 1 is 1.19 bits per heavy atom. The molecular weight excluding hydrogens is 348 g/mol. The van der Waals surface area contributed by atoms with Gasteiger partial charge in [-0.25, -0.2) is 9.18 Å². The minimum Gasteiger partial charge on any atom is -0.444 e. The Balaban J connectivity index is 2.30. The lowest BCUT2D eigenvalue weighted by molar-refractivity contribution is 0.00578. The van der Waals surface area contributed by atoms with Crippen LogP contribution in [-0.2, 0) is 20.6 Å². The van der Waals surface area contributed by atoms with Crippen molar-refractivity contribution in [3.8, 4) is 0 Å². The molecule has 0 atom stereocenters. The minimum absolute atomic E-state index is 0.211. The fraction of sp³-hybridized carbons (Fsp3) is 0.650. The van der Waals surface area contributed by atoms with Crippen LogP contribution in [0, 0.1) is 5.82 Å². The van der Waals surface area contributed by atoms with Gasteiger partial charge < -0.3 is 18.9 Å². The van der Waals surface area contributed by atoms with Crippen LogP contribution >= 0.6 is 0 Å². The molecule has 1 aromatic carbocycles. The first kappa shape index (κ1) is 21.7. The van der Waals surface area contributed by atoms with Crippen LogP contribution < -0.4 is 5.46 Å². The second-order valence-corrected chi connectivity index (χ2v) is 8.93. The fourth-order valence-corrected chi connectivity index (χ4v) is 2.75. The van der Waals surface area contributed by atoms with Crippen molar-refractivity contribution < 1.29 is 23.2 Å². The molecule has 5 nitrogen and oxygen atoms in total. The number of nitrogens with zero attached hydrogens (tertiary/aromatic N) is 1. The standard InChI is InChI=1S/C20H31BFNO4/c1-9-23(17(24)25-18(2,3)4)13-14-12-15(22)10-11-16(14)21-26-19(5,6)20(7,8)27-21/h10-12H,9,13H2,1-8H3. The van der Waals surface area contributed by atoms with Gasteiger partial charge >= 0.3 is 13.2 Å². The van der Waals surface area contributed by atoms with Crippen molar-refractivity contribution >= 4 is 18.7 Å². The van der Waals surface area contributed by atoms with E-state index in [1.807, 2.05) is 55.4 Å². The fourth-order valence-electron chi connectivity index (χ4n) is 2.75. The number of carbonyl (C=O) groups excluding carboxylic acids is 1. The van der Waals surface area contributed by atoms with E-state index in [1.54, 1.807) is 6.07 Å². The Kier molecular flexibility index (Phi) is 5.98. The number of rotatable bonds is 4. The molecule has 1 heterocycles. The molecule has 2 rings (SSSR count). The summed E-state index contributed by atoms with van der Waals surface area (Å²) in [6.45, 7) is 15.8. The van der Waals surface area contributed by atoms with Crippen LogP contribution in [-0.4, -0.2) is 41.5 Å². The molecule has 27 heavy (non-hydrogen) atoms. The SMILES string of the molecule is CCN(Cc1cc(F)ccc1B1OC(C)(C)C(C)(C)O1)C(=O)OC(C)(C)C. The summed E-state index contributed by atoms with van der Waals surface area (Å²) < 4.78 is 31.6. The third-order valence-electron chi connectivity index (χ3n) is 5.01. The van der Waals surface area contributed by atoms with Crippen LogP contribution in [0.4, 0.5) is 9.18 Å². The zero-order valence-corrected chi connectivity index (χ0v) is 17.7. The molecule has 0 unspecified atom stereocenters. The lowest BCUT2D eigenvalue weighted by Gasteiger charge is -2.32. The Hall–Kier alpha value is -1.60. The summed E-state index contributed by atoms with van der Waals surface area (Å²) in [5.41, 5.74) is -0.239. The largest absolute Gasteiger partial charge is 0.495 e. The molecule has 0 aromatic heterocycles. The molecule has 0 radical (unpaired) electrons. The van der Waals surface area contributed by atoms with Crippen LogP contribution in [0.5, 0.6) is 0 Å². The average Bonchev–Trinajstić information content (AvgIpc) is 2.71. The first-order chi connectivity index (χ1) is 12.3. The zero-order valence-electron chi connectivity index (χ0n) is 17.7. The van der Waals surface area contributed by atoms with E-state index < -0.39 is 30.0 Å². The van der Waals surface area contributed by atoms with Crippen molar-refractivity contribution in [3.63, 3.8) is 0 Å². The van der Waals surface area contributed by atoms with Crippen LogP contribution in [0.2, 0.25) is 0 Å². The Morgan fingerprint density at radius 2 is 1.74 bits per heavy atom. The van der Waals surface area contributed by atoms with Gasteiger partial charge in [0.2, 0.25) is 0 Å². The zero-order chi connectivity index (χ0) is 20.6. The average molecular weight is 379 g/mol.